The van der Waals surface area contributed by atoms with Crippen LogP contribution in [0.4, 0.5) is 0 Å². The molecule has 4 N–H and O–H groups in total. The van der Waals surface area contributed by atoms with Gasteiger partial charge in [-0.15, -0.1) is 0 Å². The van der Waals surface area contributed by atoms with Gasteiger partial charge in [0.1, 0.15) is 11.5 Å². The maximum Gasteiger partial charge on any atom is 0.255 e. The fraction of sp³-hybridized carbons (Fsp3) is 0.562. The summed E-state index contributed by atoms with van der Waals surface area (Å²) in [5, 5.41) is 31.4. The number of carbonyl (C=O) groups is 1. The van der Waals surface area contributed by atoms with Crippen LogP contribution in [0.3, 0.4) is 0 Å². The van der Waals surface area contributed by atoms with Gasteiger partial charge in [0.05, 0.1) is 5.56 Å². The highest BCUT2D eigenvalue weighted by molar-refractivity contribution is 5.97. The van der Waals surface area contributed by atoms with E-state index in [0.717, 1.165) is 6.42 Å². The fourth-order valence-electron chi connectivity index (χ4n) is 2.15. The van der Waals surface area contributed by atoms with Gasteiger partial charge in [-0.3, -0.25) is 4.79 Å². The van der Waals surface area contributed by atoms with Crippen molar-refractivity contribution in [2.75, 3.05) is 13.2 Å². The average Bonchev–Trinajstić information content (AvgIpc) is 2.43. The highest BCUT2D eigenvalue weighted by Crippen LogP contribution is 2.32. The van der Waals surface area contributed by atoms with E-state index in [4.69, 9.17) is 5.11 Å². The van der Waals surface area contributed by atoms with Crippen LogP contribution >= 0.6 is 0 Å². The van der Waals surface area contributed by atoms with Crippen molar-refractivity contribution in [1.29, 1.82) is 0 Å². The number of hydrogen-bond donors (Lipinski definition) is 4. The molecule has 0 aliphatic heterocycles. The Morgan fingerprint density at radius 1 is 1.24 bits per heavy atom. The molecule has 0 saturated heterocycles. The second kappa shape index (κ2) is 7.88. The van der Waals surface area contributed by atoms with Crippen LogP contribution in [-0.2, 0) is 0 Å². The van der Waals surface area contributed by atoms with E-state index in [9.17, 15) is 15.0 Å². The first-order valence-electron chi connectivity index (χ1n) is 7.35. The van der Waals surface area contributed by atoms with E-state index in [1.54, 1.807) is 0 Å². The van der Waals surface area contributed by atoms with E-state index < -0.39 is 0 Å². The number of aliphatic hydroxyl groups excluding tert-OH is 1. The second-order valence-corrected chi connectivity index (χ2v) is 5.58. The van der Waals surface area contributed by atoms with E-state index in [2.05, 4.69) is 5.32 Å². The maximum absolute atomic E-state index is 12.1. The van der Waals surface area contributed by atoms with Gasteiger partial charge in [0.2, 0.25) is 0 Å². The minimum atomic E-state index is -0.373. The molecule has 118 valence electrons. The summed E-state index contributed by atoms with van der Waals surface area (Å²) in [6, 6.07) is 2.72. The highest BCUT2D eigenvalue weighted by atomic mass is 16.3. The third-order valence-corrected chi connectivity index (χ3v) is 3.69. The summed E-state index contributed by atoms with van der Waals surface area (Å²) >= 11 is 0. The molecule has 0 fully saturated rings. The van der Waals surface area contributed by atoms with E-state index in [-0.39, 0.29) is 41.4 Å². The lowest BCUT2D eigenvalue weighted by atomic mass is 9.98. The number of aromatic hydroxyl groups is 2. The summed E-state index contributed by atoms with van der Waals surface area (Å²) in [5.41, 5.74) is 0.785. The number of aliphatic hydroxyl groups is 1. The molecule has 0 aliphatic carbocycles. The van der Waals surface area contributed by atoms with Crippen LogP contribution in [0, 0.1) is 5.92 Å². The predicted molar refractivity (Wildman–Crippen MR) is 81.7 cm³/mol. The molecule has 0 aliphatic rings. The molecule has 0 bridgehead atoms. The first kappa shape index (κ1) is 17.3. The van der Waals surface area contributed by atoms with E-state index >= 15 is 0 Å². The highest BCUT2D eigenvalue weighted by Gasteiger charge is 2.17. The van der Waals surface area contributed by atoms with Crippen LogP contribution in [0.25, 0.3) is 0 Å². The molecular weight excluding hydrogens is 270 g/mol. The van der Waals surface area contributed by atoms with Crippen molar-refractivity contribution in [2.24, 2.45) is 5.92 Å². The number of benzene rings is 1. The summed E-state index contributed by atoms with van der Waals surface area (Å²) in [5.74, 6) is -0.392. The van der Waals surface area contributed by atoms with Crippen molar-refractivity contribution in [2.45, 2.75) is 39.5 Å². The summed E-state index contributed by atoms with van der Waals surface area (Å²) in [6.07, 6.45) is 1.54. The van der Waals surface area contributed by atoms with Crippen LogP contribution in [0.2, 0.25) is 0 Å². The second-order valence-electron chi connectivity index (χ2n) is 5.58. The van der Waals surface area contributed by atoms with Crippen molar-refractivity contribution < 1.29 is 20.1 Å². The van der Waals surface area contributed by atoms with Gasteiger partial charge in [-0.25, -0.2) is 0 Å². The van der Waals surface area contributed by atoms with E-state index in [0.29, 0.717) is 18.5 Å². The quantitative estimate of drug-likeness (QED) is 0.621. The van der Waals surface area contributed by atoms with Crippen molar-refractivity contribution in [3.05, 3.63) is 23.3 Å². The lowest BCUT2D eigenvalue weighted by Gasteiger charge is -2.14. The van der Waals surface area contributed by atoms with E-state index in [1.807, 2.05) is 20.8 Å². The molecule has 0 heterocycles. The molecule has 21 heavy (non-hydrogen) atoms. The maximum atomic E-state index is 12.1. The molecule has 1 atom stereocenters. The molecule has 0 spiro atoms. The van der Waals surface area contributed by atoms with Gasteiger partial charge in [-0.05, 0) is 29.9 Å². The number of carbonyl (C=O) groups excluding carboxylic acids is 1. The Hall–Kier alpha value is -1.75. The molecular formula is C16H25NO4. The number of phenols is 2. The van der Waals surface area contributed by atoms with E-state index in [1.165, 1.54) is 12.1 Å². The SMILES string of the molecule is CCC(CO)CCNC(=O)c1cc(C(C)C)c(O)cc1O. The van der Waals surface area contributed by atoms with Crippen LogP contribution in [0.5, 0.6) is 11.5 Å². The van der Waals surface area contributed by atoms with Crippen molar-refractivity contribution in [1.82, 2.24) is 5.32 Å². The molecule has 0 aromatic heterocycles. The van der Waals surface area contributed by atoms with Crippen LogP contribution in [0.15, 0.2) is 12.1 Å². The molecule has 5 nitrogen and oxygen atoms in total. The smallest absolute Gasteiger partial charge is 0.255 e. The topological polar surface area (TPSA) is 89.8 Å². The molecule has 0 saturated carbocycles. The third-order valence-electron chi connectivity index (χ3n) is 3.69. The number of phenolic OH excluding ortho intramolecular Hbond substituents is 2. The molecule has 0 radical (unpaired) electrons. The Labute approximate surface area is 125 Å². The first-order valence-corrected chi connectivity index (χ1v) is 7.35. The van der Waals surface area contributed by atoms with Crippen molar-refractivity contribution >= 4 is 5.91 Å². The Balaban J connectivity index is 2.76. The van der Waals surface area contributed by atoms with Crippen molar-refractivity contribution in [3.8, 4) is 11.5 Å². The third kappa shape index (κ3) is 4.63. The lowest BCUT2D eigenvalue weighted by molar-refractivity contribution is 0.0945. The molecule has 1 aromatic rings. The molecule has 5 heteroatoms. The lowest BCUT2D eigenvalue weighted by Crippen LogP contribution is -2.26. The summed E-state index contributed by atoms with van der Waals surface area (Å²) in [4.78, 5) is 12.1. The van der Waals surface area contributed by atoms with Gasteiger partial charge in [-0.2, -0.15) is 0 Å². The monoisotopic (exact) mass is 295 g/mol. The number of hydrogen-bond acceptors (Lipinski definition) is 4. The van der Waals surface area contributed by atoms with Crippen LogP contribution < -0.4 is 5.32 Å². The largest absolute Gasteiger partial charge is 0.508 e. The van der Waals surface area contributed by atoms with Gasteiger partial charge in [0, 0.05) is 19.2 Å². The standard InChI is InChI=1S/C16H25NO4/c1-4-11(9-18)5-6-17-16(21)13-7-12(10(2)3)14(19)8-15(13)20/h7-8,10-11,18-20H,4-6,9H2,1-3H3,(H,17,21). The van der Waals surface area contributed by atoms with Crippen molar-refractivity contribution in [3.63, 3.8) is 0 Å². The van der Waals surface area contributed by atoms with Gasteiger partial charge in [-0.1, -0.05) is 27.2 Å². The Morgan fingerprint density at radius 3 is 2.43 bits per heavy atom. The Bertz CT molecular complexity index is 481. The number of amides is 1. The minimum Gasteiger partial charge on any atom is -0.508 e. The molecule has 1 unspecified atom stereocenters. The Kier molecular flexibility index (Phi) is 6.49. The van der Waals surface area contributed by atoms with Gasteiger partial charge in [0.25, 0.3) is 5.91 Å². The molecule has 1 amide bonds. The zero-order valence-electron chi connectivity index (χ0n) is 12.9. The summed E-state index contributed by atoms with van der Waals surface area (Å²) < 4.78 is 0. The molecule has 1 aromatic carbocycles. The number of nitrogens with one attached hydrogen (secondary N) is 1. The zero-order valence-corrected chi connectivity index (χ0v) is 12.9. The minimum absolute atomic E-state index is 0.00891. The predicted octanol–water partition coefficient (Wildman–Crippen LogP) is 2.36. The first-order chi connectivity index (χ1) is 9.90. The van der Waals surface area contributed by atoms with Gasteiger partial charge >= 0.3 is 0 Å². The zero-order chi connectivity index (χ0) is 16.0. The van der Waals surface area contributed by atoms with Gasteiger partial charge in [0.15, 0.2) is 0 Å². The fourth-order valence-corrected chi connectivity index (χ4v) is 2.15. The molecule has 1 rings (SSSR count). The average molecular weight is 295 g/mol. The van der Waals surface area contributed by atoms with Crippen LogP contribution in [-0.4, -0.2) is 34.4 Å². The summed E-state index contributed by atoms with van der Waals surface area (Å²) in [6.45, 7) is 6.34. The van der Waals surface area contributed by atoms with Crippen LogP contribution in [0.1, 0.15) is 55.5 Å². The Morgan fingerprint density at radius 2 is 1.90 bits per heavy atom. The van der Waals surface area contributed by atoms with Gasteiger partial charge < -0.3 is 20.6 Å². The normalized spacial score (nSPS) is 12.4. The summed E-state index contributed by atoms with van der Waals surface area (Å²) in [7, 11) is 0. The number of rotatable bonds is 7.